The number of rotatable bonds is 7. The van der Waals surface area contributed by atoms with Crippen molar-refractivity contribution in [2.75, 3.05) is 6.26 Å². The predicted molar refractivity (Wildman–Crippen MR) is 122 cm³/mol. The lowest BCUT2D eigenvalue weighted by Crippen LogP contribution is -2.34. The summed E-state index contributed by atoms with van der Waals surface area (Å²) in [5.41, 5.74) is 4.46. The minimum absolute atomic E-state index is 0.197. The zero-order valence-corrected chi connectivity index (χ0v) is 18.3. The molecule has 1 unspecified atom stereocenters. The van der Waals surface area contributed by atoms with Crippen LogP contribution in [0.3, 0.4) is 0 Å². The van der Waals surface area contributed by atoms with Crippen LogP contribution in [0.5, 0.6) is 0 Å². The van der Waals surface area contributed by atoms with Gasteiger partial charge in [-0.1, -0.05) is 50.6 Å². The Balaban J connectivity index is 1.75. The number of carbonyl (C=O) groups is 1. The molecule has 2 aromatic carbocycles. The van der Waals surface area contributed by atoms with E-state index in [-0.39, 0.29) is 5.91 Å². The molecule has 1 atom stereocenters. The molecule has 0 N–H and O–H groups in total. The van der Waals surface area contributed by atoms with Crippen LogP contribution in [0.4, 0.5) is 0 Å². The number of fused-ring (bicyclic) bond motifs is 3. The largest absolute Gasteiger partial charge is 0.331 e. The van der Waals surface area contributed by atoms with Gasteiger partial charge in [0, 0.05) is 24.3 Å². The van der Waals surface area contributed by atoms with Gasteiger partial charge in [0.05, 0.1) is 5.03 Å². The number of thioether (sulfide) groups is 1. The van der Waals surface area contributed by atoms with E-state index in [0.717, 1.165) is 42.8 Å². The quantitative estimate of drug-likeness (QED) is 0.447. The molecule has 1 amide bonds. The lowest BCUT2D eigenvalue weighted by atomic mass is 9.93. The highest BCUT2D eigenvalue weighted by atomic mass is 32.2. The van der Waals surface area contributed by atoms with Gasteiger partial charge in [0.2, 0.25) is 0 Å². The van der Waals surface area contributed by atoms with Gasteiger partial charge in [-0.25, -0.2) is 4.98 Å². The summed E-state index contributed by atoms with van der Waals surface area (Å²) in [5, 5.41) is 3.49. The van der Waals surface area contributed by atoms with Gasteiger partial charge in [-0.05, 0) is 65.1 Å². The summed E-state index contributed by atoms with van der Waals surface area (Å²) in [7, 11) is 0. The van der Waals surface area contributed by atoms with E-state index in [1.54, 1.807) is 11.8 Å². The van der Waals surface area contributed by atoms with Crippen molar-refractivity contribution in [2.24, 2.45) is 0 Å². The van der Waals surface area contributed by atoms with E-state index >= 15 is 0 Å². The number of aromatic nitrogens is 1. The summed E-state index contributed by atoms with van der Waals surface area (Å²) in [6.07, 6.45) is 7.95. The van der Waals surface area contributed by atoms with Crippen LogP contribution in [0.2, 0.25) is 0 Å². The lowest BCUT2D eigenvalue weighted by molar-refractivity contribution is 0.0688. The maximum absolute atomic E-state index is 13.3. The molecule has 1 aliphatic heterocycles. The molecule has 2 heterocycles. The topological polar surface area (TPSA) is 33.2 Å². The molecule has 0 radical (unpaired) electrons. The van der Waals surface area contributed by atoms with Gasteiger partial charge in [0.1, 0.15) is 0 Å². The second-order valence-electron chi connectivity index (χ2n) is 7.78. The highest BCUT2D eigenvalue weighted by Crippen LogP contribution is 2.35. The van der Waals surface area contributed by atoms with Gasteiger partial charge < -0.3 is 4.90 Å². The van der Waals surface area contributed by atoms with Crippen molar-refractivity contribution in [3.8, 4) is 0 Å². The van der Waals surface area contributed by atoms with E-state index in [1.165, 1.54) is 27.5 Å². The summed E-state index contributed by atoms with van der Waals surface area (Å²) in [5.74, 6) is 0.197. The van der Waals surface area contributed by atoms with E-state index in [4.69, 9.17) is 0 Å². The standard InChI is InChI=1S/C25H28N2OS/c1-4-8-19(5-2)27-16-23-21-10-7-6-9-20(21)18(14-22(23)25(27)28)13-17-11-12-24(29-3)26-15-17/h6-7,9-12,14-15,19H,4-5,8,13,16H2,1-3H3. The van der Waals surface area contributed by atoms with E-state index < -0.39 is 0 Å². The van der Waals surface area contributed by atoms with Crippen LogP contribution in [0.15, 0.2) is 53.7 Å². The first-order valence-corrected chi connectivity index (χ1v) is 11.7. The molecule has 3 nitrogen and oxygen atoms in total. The molecule has 1 aliphatic rings. The molecule has 4 heteroatoms. The summed E-state index contributed by atoms with van der Waals surface area (Å²) in [6.45, 7) is 5.11. The zero-order valence-electron chi connectivity index (χ0n) is 17.4. The van der Waals surface area contributed by atoms with Crippen molar-refractivity contribution in [2.45, 2.75) is 57.1 Å². The van der Waals surface area contributed by atoms with Gasteiger partial charge >= 0.3 is 0 Å². The smallest absolute Gasteiger partial charge is 0.254 e. The van der Waals surface area contributed by atoms with Gasteiger partial charge in [0.15, 0.2) is 0 Å². The molecule has 0 aliphatic carbocycles. The third-order valence-electron chi connectivity index (χ3n) is 6.00. The number of amides is 1. The second-order valence-corrected chi connectivity index (χ2v) is 8.60. The molecular weight excluding hydrogens is 376 g/mol. The predicted octanol–water partition coefficient (Wildman–Crippen LogP) is 6.08. The monoisotopic (exact) mass is 404 g/mol. The molecular formula is C25H28N2OS. The third kappa shape index (κ3) is 3.78. The zero-order chi connectivity index (χ0) is 20.4. The summed E-state index contributed by atoms with van der Waals surface area (Å²) >= 11 is 1.65. The first-order chi connectivity index (χ1) is 14.2. The minimum Gasteiger partial charge on any atom is -0.331 e. The van der Waals surface area contributed by atoms with E-state index in [0.29, 0.717) is 6.04 Å². The third-order valence-corrected chi connectivity index (χ3v) is 6.66. The Kier molecular flexibility index (Phi) is 5.91. The Bertz CT molecular complexity index is 1030. The maximum Gasteiger partial charge on any atom is 0.254 e. The van der Waals surface area contributed by atoms with Crippen LogP contribution >= 0.6 is 11.8 Å². The van der Waals surface area contributed by atoms with Crippen LogP contribution < -0.4 is 0 Å². The minimum atomic E-state index is 0.197. The fraction of sp³-hybridized carbons (Fsp3) is 0.360. The molecule has 3 aromatic rings. The Hall–Kier alpha value is -2.33. The van der Waals surface area contributed by atoms with E-state index in [2.05, 4.69) is 66.2 Å². The molecule has 29 heavy (non-hydrogen) atoms. The van der Waals surface area contributed by atoms with Gasteiger partial charge in [-0.2, -0.15) is 0 Å². The van der Waals surface area contributed by atoms with Crippen molar-refractivity contribution in [1.82, 2.24) is 9.88 Å². The first kappa shape index (κ1) is 20.0. The lowest BCUT2D eigenvalue weighted by Gasteiger charge is -2.26. The number of carbonyl (C=O) groups excluding carboxylic acids is 1. The SMILES string of the molecule is CCCC(CC)N1Cc2c(cc(Cc3ccc(SC)nc3)c3ccccc23)C1=O. The molecule has 0 saturated carbocycles. The molecule has 150 valence electrons. The summed E-state index contributed by atoms with van der Waals surface area (Å²) in [6, 6.07) is 15.2. The Labute approximate surface area is 177 Å². The van der Waals surface area contributed by atoms with Crippen LogP contribution in [0.25, 0.3) is 10.8 Å². The fourth-order valence-corrected chi connectivity index (χ4v) is 4.84. The van der Waals surface area contributed by atoms with Crippen LogP contribution in [-0.2, 0) is 13.0 Å². The van der Waals surface area contributed by atoms with E-state index in [9.17, 15) is 4.79 Å². The number of nitrogens with zero attached hydrogens (tertiary/aromatic N) is 2. The average Bonchev–Trinajstić information content (AvgIpc) is 3.09. The molecule has 4 rings (SSSR count). The van der Waals surface area contributed by atoms with Crippen molar-refractivity contribution >= 4 is 28.4 Å². The molecule has 0 spiro atoms. The van der Waals surface area contributed by atoms with Crippen molar-refractivity contribution in [3.05, 3.63) is 70.9 Å². The van der Waals surface area contributed by atoms with Gasteiger partial charge in [-0.15, -0.1) is 11.8 Å². The molecule has 0 saturated heterocycles. The molecule has 1 aromatic heterocycles. The molecule has 0 fully saturated rings. The van der Waals surface area contributed by atoms with Crippen LogP contribution in [-0.4, -0.2) is 28.1 Å². The number of hydrogen-bond acceptors (Lipinski definition) is 3. The number of hydrogen-bond donors (Lipinski definition) is 0. The van der Waals surface area contributed by atoms with Crippen molar-refractivity contribution in [1.29, 1.82) is 0 Å². The summed E-state index contributed by atoms with van der Waals surface area (Å²) in [4.78, 5) is 19.9. The van der Waals surface area contributed by atoms with Gasteiger partial charge in [-0.3, -0.25) is 4.79 Å². The Morgan fingerprint density at radius 2 is 1.93 bits per heavy atom. The van der Waals surface area contributed by atoms with E-state index in [1.807, 2.05) is 12.5 Å². The normalized spacial score (nSPS) is 14.4. The summed E-state index contributed by atoms with van der Waals surface area (Å²) < 4.78 is 0. The first-order valence-electron chi connectivity index (χ1n) is 10.5. The highest BCUT2D eigenvalue weighted by molar-refractivity contribution is 7.98. The number of benzene rings is 2. The van der Waals surface area contributed by atoms with Crippen LogP contribution in [0.1, 0.15) is 60.2 Å². The van der Waals surface area contributed by atoms with Crippen LogP contribution in [0, 0.1) is 0 Å². The maximum atomic E-state index is 13.3. The highest BCUT2D eigenvalue weighted by Gasteiger charge is 2.33. The van der Waals surface area contributed by atoms with Gasteiger partial charge in [0.25, 0.3) is 5.91 Å². The Morgan fingerprint density at radius 1 is 1.14 bits per heavy atom. The van der Waals surface area contributed by atoms with Crippen molar-refractivity contribution < 1.29 is 4.79 Å². The Morgan fingerprint density at radius 3 is 2.59 bits per heavy atom. The fourth-order valence-electron chi connectivity index (χ4n) is 4.48. The van der Waals surface area contributed by atoms with Crippen molar-refractivity contribution in [3.63, 3.8) is 0 Å². The average molecular weight is 405 g/mol. The second kappa shape index (κ2) is 8.58. The number of pyridine rings is 1. The molecule has 0 bridgehead atoms.